The number of hydrogen-bond donors (Lipinski definition) is 2. The smallest absolute Gasteiger partial charge is 0.404 e. The third-order valence-electron chi connectivity index (χ3n) is 1.69. The highest BCUT2D eigenvalue weighted by Crippen LogP contribution is 2.13. The summed E-state index contributed by atoms with van der Waals surface area (Å²) in [4.78, 5) is 21.4. The van der Waals surface area contributed by atoms with Crippen LogP contribution in [0.5, 0.6) is 0 Å². The summed E-state index contributed by atoms with van der Waals surface area (Å²) in [6.07, 6.45) is 0.485. The van der Waals surface area contributed by atoms with E-state index in [0.717, 1.165) is 0 Å². The number of aryl methyl sites for hydroxylation is 1. The van der Waals surface area contributed by atoms with Crippen molar-refractivity contribution >= 4 is 22.0 Å². The topological polar surface area (TPSA) is 71.3 Å². The van der Waals surface area contributed by atoms with Crippen LogP contribution in [0.2, 0.25) is 0 Å². The Bertz CT molecular complexity index is 414. The van der Waals surface area contributed by atoms with Crippen LogP contribution in [0.1, 0.15) is 5.56 Å². The fourth-order valence-electron chi connectivity index (χ4n) is 0.943. The van der Waals surface area contributed by atoms with Crippen molar-refractivity contribution in [2.24, 2.45) is 7.05 Å². The van der Waals surface area contributed by atoms with Gasteiger partial charge in [0.05, 0.1) is 0 Å². The molecular formula is C8H9BrN2O3. The number of carbonyl (C=O) groups is 1. The van der Waals surface area contributed by atoms with Crippen LogP contribution in [0.4, 0.5) is 4.79 Å². The lowest BCUT2D eigenvalue weighted by atomic mass is 10.2. The number of rotatable bonds is 2. The average molecular weight is 261 g/mol. The predicted octanol–water partition coefficient (Wildman–Crippen LogP) is 0.915. The van der Waals surface area contributed by atoms with Crippen molar-refractivity contribution in [3.05, 3.63) is 32.7 Å². The fraction of sp³-hybridized carbons (Fsp3) is 0.250. The van der Waals surface area contributed by atoms with Gasteiger partial charge in [0.15, 0.2) is 0 Å². The Hall–Kier alpha value is -1.30. The summed E-state index contributed by atoms with van der Waals surface area (Å²) in [5, 5.41) is 10.6. The lowest BCUT2D eigenvalue weighted by molar-refractivity contribution is 0.194. The maximum absolute atomic E-state index is 11.2. The van der Waals surface area contributed by atoms with Gasteiger partial charge in [-0.1, -0.05) is 0 Å². The molecule has 0 radical (unpaired) electrons. The zero-order chi connectivity index (χ0) is 10.7. The Morgan fingerprint density at radius 2 is 2.36 bits per heavy atom. The van der Waals surface area contributed by atoms with Gasteiger partial charge in [0.1, 0.15) is 0 Å². The molecule has 1 heterocycles. The van der Waals surface area contributed by atoms with Crippen molar-refractivity contribution < 1.29 is 9.90 Å². The van der Waals surface area contributed by atoms with Crippen LogP contribution in [0.3, 0.4) is 0 Å². The highest BCUT2D eigenvalue weighted by molar-refractivity contribution is 9.10. The minimum Gasteiger partial charge on any atom is -0.465 e. The van der Waals surface area contributed by atoms with E-state index >= 15 is 0 Å². The molecule has 1 amide bonds. The van der Waals surface area contributed by atoms with Gasteiger partial charge in [-0.05, 0) is 21.5 Å². The molecule has 0 saturated heterocycles. The number of nitrogens with one attached hydrogen (secondary N) is 1. The number of nitrogens with zero attached hydrogens (tertiary/aromatic N) is 1. The molecule has 1 aromatic heterocycles. The number of hydrogen-bond acceptors (Lipinski definition) is 2. The first-order valence-electron chi connectivity index (χ1n) is 3.82. The van der Waals surface area contributed by atoms with E-state index in [1.54, 1.807) is 13.2 Å². The molecule has 0 spiro atoms. The maximum atomic E-state index is 11.2. The Morgan fingerprint density at radius 3 is 2.93 bits per heavy atom. The minimum absolute atomic E-state index is 0.117. The molecule has 0 aliphatic heterocycles. The van der Waals surface area contributed by atoms with E-state index in [-0.39, 0.29) is 12.1 Å². The van der Waals surface area contributed by atoms with E-state index in [9.17, 15) is 9.59 Å². The van der Waals surface area contributed by atoms with Crippen molar-refractivity contribution in [1.29, 1.82) is 0 Å². The molecule has 1 rings (SSSR count). The summed E-state index contributed by atoms with van der Waals surface area (Å²) < 4.78 is 2.11. The zero-order valence-corrected chi connectivity index (χ0v) is 9.04. The molecule has 1 aromatic rings. The molecule has 5 nitrogen and oxygen atoms in total. The lowest BCUT2D eigenvalue weighted by Crippen LogP contribution is -2.23. The standard InChI is InChI=1S/C8H9BrN2O3/c1-11-4-6(9)5(2-7(11)12)3-10-8(13)14/h2,4,10H,3H2,1H3,(H,13,14). The molecule has 76 valence electrons. The monoisotopic (exact) mass is 260 g/mol. The van der Waals surface area contributed by atoms with Gasteiger partial charge in [0.2, 0.25) is 0 Å². The molecule has 2 N–H and O–H groups in total. The SMILES string of the molecule is Cn1cc(Br)c(CNC(=O)O)cc1=O. The zero-order valence-electron chi connectivity index (χ0n) is 7.45. The number of halogens is 1. The molecule has 0 aliphatic rings. The van der Waals surface area contributed by atoms with Gasteiger partial charge < -0.3 is 15.0 Å². The van der Waals surface area contributed by atoms with Gasteiger partial charge >= 0.3 is 6.09 Å². The highest BCUT2D eigenvalue weighted by Gasteiger charge is 2.03. The number of aromatic nitrogens is 1. The number of pyridine rings is 1. The van der Waals surface area contributed by atoms with Gasteiger partial charge in [-0.2, -0.15) is 0 Å². The Kier molecular flexibility index (Phi) is 3.29. The van der Waals surface area contributed by atoms with Crippen molar-refractivity contribution in [2.75, 3.05) is 0 Å². The minimum atomic E-state index is -1.11. The fourth-order valence-corrected chi connectivity index (χ4v) is 1.50. The molecule has 0 bridgehead atoms. The van der Waals surface area contributed by atoms with Gasteiger partial charge in [0, 0.05) is 30.3 Å². The second-order valence-electron chi connectivity index (χ2n) is 2.75. The van der Waals surface area contributed by atoms with Crippen LogP contribution in [0.15, 0.2) is 21.5 Å². The van der Waals surface area contributed by atoms with Crippen molar-refractivity contribution in [3.63, 3.8) is 0 Å². The molecule has 0 aliphatic carbocycles. The van der Waals surface area contributed by atoms with E-state index in [2.05, 4.69) is 21.2 Å². The summed E-state index contributed by atoms with van der Waals surface area (Å²) in [5.41, 5.74) is 0.450. The predicted molar refractivity (Wildman–Crippen MR) is 54.2 cm³/mol. The van der Waals surface area contributed by atoms with E-state index in [1.807, 2.05) is 0 Å². The summed E-state index contributed by atoms with van der Waals surface area (Å²) in [6, 6.07) is 1.39. The first-order chi connectivity index (χ1) is 6.50. The third-order valence-corrected chi connectivity index (χ3v) is 2.40. The summed E-state index contributed by atoms with van der Waals surface area (Å²) in [6.45, 7) is 0.117. The van der Waals surface area contributed by atoms with E-state index < -0.39 is 6.09 Å². The second-order valence-corrected chi connectivity index (χ2v) is 3.61. The van der Waals surface area contributed by atoms with Gasteiger partial charge in [-0.25, -0.2) is 4.79 Å². The van der Waals surface area contributed by atoms with Crippen LogP contribution in [-0.2, 0) is 13.6 Å². The van der Waals surface area contributed by atoms with Gasteiger partial charge in [0.25, 0.3) is 5.56 Å². The van der Waals surface area contributed by atoms with Gasteiger partial charge in [-0.15, -0.1) is 0 Å². The third kappa shape index (κ3) is 2.59. The molecular weight excluding hydrogens is 252 g/mol. The first-order valence-corrected chi connectivity index (χ1v) is 4.62. The van der Waals surface area contributed by atoms with Crippen molar-refractivity contribution in [1.82, 2.24) is 9.88 Å². The Balaban J connectivity index is 2.93. The second kappa shape index (κ2) is 4.28. The molecule has 0 atom stereocenters. The summed E-state index contributed by atoms with van der Waals surface area (Å²) in [7, 11) is 1.63. The normalized spacial score (nSPS) is 9.86. The highest BCUT2D eigenvalue weighted by atomic mass is 79.9. The van der Waals surface area contributed by atoms with E-state index in [4.69, 9.17) is 5.11 Å². The van der Waals surface area contributed by atoms with E-state index in [0.29, 0.717) is 10.0 Å². The quantitative estimate of drug-likeness (QED) is 0.831. The van der Waals surface area contributed by atoms with Crippen molar-refractivity contribution in [3.8, 4) is 0 Å². The molecule has 0 aromatic carbocycles. The largest absolute Gasteiger partial charge is 0.465 e. The van der Waals surface area contributed by atoms with Crippen LogP contribution in [0.25, 0.3) is 0 Å². The van der Waals surface area contributed by atoms with Crippen LogP contribution >= 0.6 is 15.9 Å². The lowest BCUT2D eigenvalue weighted by Gasteiger charge is -2.05. The Morgan fingerprint density at radius 1 is 1.71 bits per heavy atom. The number of amides is 1. The molecule has 0 fully saturated rings. The summed E-state index contributed by atoms with van der Waals surface area (Å²) >= 11 is 3.24. The van der Waals surface area contributed by atoms with Crippen molar-refractivity contribution in [2.45, 2.75) is 6.54 Å². The molecule has 14 heavy (non-hydrogen) atoms. The molecule has 6 heteroatoms. The average Bonchev–Trinajstić information content (AvgIpc) is 2.09. The molecule has 0 saturated carbocycles. The maximum Gasteiger partial charge on any atom is 0.404 e. The van der Waals surface area contributed by atoms with Crippen LogP contribution < -0.4 is 10.9 Å². The number of carboxylic acid groups (broad SMARTS) is 1. The Labute approximate surface area is 88.5 Å². The summed E-state index contributed by atoms with van der Waals surface area (Å²) in [5.74, 6) is 0. The van der Waals surface area contributed by atoms with Crippen LogP contribution in [-0.4, -0.2) is 15.8 Å². The van der Waals surface area contributed by atoms with E-state index in [1.165, 1.54) is 10.6 Å². The molecule has 0 unspecified atom stereocenters. The first kappa shape index (κ1) is 10.8. The van der Waals surface area contributed by atoms with Crippen LogP contribution in [0, 0.1) is 0 Å². The van der Waals surface area contributed by atoms with Gasteiger partial charge in [-0.3, -0.25) is 4.79 Å².